The van der Waals surface area contributed by atoms with E-state index in [2.05, 4.69) is 27.4 Å². The van der Waals surface area contributed by atoms with Crippen molar-refractivity contribution in [1.29, 1.82) is 0 Å². The van der Waals surface area contributed by atoms with Crippen molar-refractivity contribution in [1.82, 2.24) is 9.97 Å². The van der Waals surface area contributed by atoms with Gasteiger partial charge in [-0.2, -0.15) is 0 Å². The number of carbonyl (C=O) groups excluding carboxylic acids is 1. The van der Waals surface area contributed by atoms with Crippen LogP contribution in [-0.2, 0) is 11.2 Å². The van der Waals surface area contributed by atoms with Gasteiger partial charge in [0.2, 0.25) is 5.91 Å². The third-order valence-corrected chi connectivity index (χ3v) is 4.73. The number of carbonyl (C=O) groups is 1. The van der Waals surface area contributed by atoms with E-state index < -0.39 is 0 Å². The summed E-state index contributed by atoms with van der Waals surface area (Å²) in [5.41, 5.74) is 5.28. The van der Waals surface area contributed by atoms with Crippen molar-refractivity contribution < 1.29 is 4.79 Å². The summed E-state index contributed by atoms with van der Waals surface area (Å²) in [7, 11) is 0. The molecule has 4 nitrogen and oxygen atoms in total. The Labute approximate surface area is 152 Å². The third kappa shape index (κ3) is 4.97. The Bertz CT molecular complexity index is 841. The molecule has 128 valence electrons. The van der Waals surface area contributed by atoms with Gasteiger partial charge in [-0.15, -0.1) is 0 Å². The molecule has 3 aromatic rings. The maximum Gasteiger partial charge on any atom is 0.234 e. The molecule has 25 heavy (non-hydrogen) atoms. The highest BCUT2D eigenvalue weighted by Crippen LogP contribution is 2.19. The fourth-order valence-corrected chi connectivity index (χ4v) is 3.20. The first-order valence-electron chi connectivity index (χ1n) is 8.19. The summed E-state index contributed by atoms with van der Waals surface area (Å²) in [6.07, 6.45) is 0.791. The Morgan fingerprint density at radius 1 is 1.08 bits per heavy atom. The molecule has 3 rings (SSSR count). The monoisotopic (exact) mass is 351 g/mol. The quantitative estimate of drug-likeness (QED) is 0.649. The Balaban J connectivity index is 1.55. The van der Waals surface area contributed by atoms with Crippen LogP contribution in [0.15, 0.2) is 59.8 Å². The van der Waals surface area contributed by atoms with Crippen LogP contribution >= 0.6 is 11.8 Å². The maximum absolute atomic E-state index is 12.1. The van der Waals surface area contributed by atoms with Gasteiger partial charge >= 0.3 is 0 Å². The zero-order chi connectivity index (χ0) is 17.6. The number of thioether (sulfide) groups is 1. The predicted molar refractivity (Wildman–Crippen MR) is 103 cm³/mol. The van der Waals surface area contributed by atoms with E-state index in [-0.39, 0.29) is 5.91 Å². The lowest BCUT2D eigenvalue weighted by molar-refractivity contribution is -0.113. The number of hydrogen-bond donors (Lipinski definition) is 2. The molecule has 0 radical (unpaired) electrons. The molecular weight excluding hydrogens is 330 g/mol. The highest BCUT2D eigenvalue weighted by molar-refractivity contribution is 7.99. The number of imidazole rings is 1. The number of nitrogens with one attached hydrogen (secondary N) is 2. The van der Waals surface area contributed by atoms with Gasteiger partial charge in [-0.3, -0.25) is 4.79 Å². The van der Waals surface area contributed by atoms with Gasteiger partial charge < -0.3 is 10.3 Å². The van der Waals surface area contributed by atoms with Crippen molar-refractivity contribution in [3.8, 4) is 0 Å². The van der Waals surface area contributed by atoms with Crippen molar-refractivity contribution >= 4 is 23.4 Å². The summed E-state index contributed by atoms with van der Waals surface area (Å²) < 4.78 is 0. The van der Waals surface area contributed by atoms with Crippen molar-refractivity contribution in [3.05, 3.63) is 77.1 Å². The van der Waals surface area contributed by atoms with Crippen LogP contribution < -0.4 is 5.32 Å². The predicted octanol–water partition coefficient (Wildman–Crippen LogP) is 4.35. The molecule has 0 bridgehead atoms. The number of H-pyrrole nitrogens is 1. The zero-order valence-corrected chi connectivity index (χ0v) is 15.2. The summed E-state index contributed by atoms with van der Waals surface area (Å²) in [4.78, 5) is 20.0. The van der Waals surface area contributed by atoms with E-state index in [1.807, 2.05) is 56.3 Å². The highest BCUT2D eigenvalue weighted by atomic mass is 32.2. The van der Waals surface area contributed by atoms with E-state index in [0.717, 1.165) is 28.7 Å². The molecule has 1 heterocycles. The molecule has 0 spiro atoms. The van der Waals surface area contributed by atoms with Gasteiger partial charge in [-0.05, 0) is 31.5 Å². The molecule has 0 aliphatic heterocycles. The molecule has 1 aromatic heterocycles. The first-order valence-corrected chi connectivity index (χ1v) is 9.17. The molecule has 2 N–H and O–H groups in total. The fraction of sp³-hybridized carbons (Fsp3) is 0.200. The summed E-state index contributed by atoms with van der Waals surface area (Å²) >= 11 is 1.42. The number of amides is 1. The molecule has 0 atom stereocenters. The van der Waals surface area contributed by atoms with E-state index in [1.165, 1.54) is 22.9 Å². The maximum atomic E-state index is 12.1. The van der Waals surface area contributed by atoms with Gasteiger partial charge in [0, 0.05) is 17.8 Å². The minimum Gasteiger partial charge on any atom is -0.337 e. The first kappa shape index (κ1) is 17.3. The lowest BCUT2D eigenvalue weighted by Crippen LogP contribution is -2.14. The van der Waals surface area contributed by atoms with Crippen LogP contribution in [0.5, 0.6) is 0 Å². The Morgan fingerprint density at radius 3 is 2.52 bits per heavy atom. The molecule has 0 saturated carbocycles. The fourth-order valence-electron chi connectivity index (χ4n) is 2.46. The first-order chi connectivity index (χ1) is 12.1. The van der Waals surface area contributed by atoms with E-state index in [1.54, 1.807) is 0 Å². The number of rotatable bonds is 6. The lowest BCUT2D eigenvalue weighted by Gasteiger charge is -2.04. The average molecular weight is 351 g/mol. The highest BCUT2D eigenvalue weighted by Gasteiger charge is 2.10. The van der Waals surface area contributed by atoms with Crippen molar-refractivity contribution in [2.24, 2.45) is 0 Å². The minimum atomic E-state index is -0.0347. The second-order valence-corrected chi connectivity index (χ2v) is 6.94. The molecule has 0 unspecified atom stereocenters. The van der Waals surface area contributed by atoms with Crippen LogP contribution in [0.25, 0.3) is 0 Å². The Morgan fingerprint density at radius 2 is 1.80 bits per heavy atom. The molecule has 0 fully saturated rings. The number of aromatic nitrogens is 2. The Kier molecular flexibility index (Phi) is 5.56. The zero-order valence-electron chi connectivity index (χ0n) is 14.4. The number of nitrogens with zero attached hydrogens (tertiary/aromatic N) is 1. The molecule has 0 aliphatic carbocycles. The van der Waals surface area contributed by atoms with Gasteiger partial charge in [-0.1, -0.05) is 59.8 Å². The Hall–Kier alpha value is -2.53. The second-order valence-electron chi connectivity index (χ2n) is 5.98. The van der Waals surface area contributed by atoms with Crippen LogP contribution in [-0.4, -0.2) is 21.6 Å². The van der Waals surface area contributed by atoms with Gasteiger partial charge in [0.05, 0.1) is 11.4 Å². The molecule has 2 aromatic carbocycles. The van der Waals surface area contributed by atoms with Gasteiger partial charge in [0.25, 0.3) is 0 Å². The van der Waals surface area contributed by atoms with Gasteiger partial charge in [-0.25, -0.2) is 4.98 Å². The third-order valence-electron chi connectivity index (χ3n) is 3.85. The average Bonchev–Trinajstić information content (AvgIpc) is 2.96. The number of aryl methyl sites for hydroxylation is 2. The lowest BCUT2D eigenvalue weighted by atomic mass is 10.1. The standard InChI is InChI=1S/C20H21N3OS/c1-14-8-10-17(11-9-14)22-19(24)13-25-20-21-15(2)18(23-20)12-16-6-4-3-5-7-16/h3-11H,12-13H2,1-2H3,(H,21,23)(H,22,24). The van der Waals surface area contributed by atoms with E-state index in [4.69, 9.17) is 0 Å². The summed E-state index contributed by atoms with van der Waals surface area (Å²) in [5, 5.41) is 3.68. The molecule has 0 saturated heterocycles. The van der Waals surface area contributed by atoms with Gasteiger partial charge in [0.15, 0.2) is 5.16 Å². The van der Waals surface area contributed by atoms with E-state index >= 15 is 0 Å². The van der Waals surface area contributed by atoms with Gasteiger partial charge in [0.1, 0.15) is 0 Å². The topological polar surface area (TPSA) is 57.8 Å². The number of aromatic amines is 1. The van der Waals surface area contributed by atoms with Crippen LogP contribution in [0.3, 0.4) is 0 Å². The normalized spacial score (nSPS) is 10.6. The second kappa shape index (κ2) is 8.03. The largest absolute Gasteiger partial charge is 0.337 e. The molecular formula is C20H21N3OS. The number of anilines is 1. The van der Waals surface area contributed by atoms with E-state index in [0.29, 0.717) is 5.75 Å². The number of hydrogen-bond acceptors (Lipinski definition) is 3. The smallest absolute Gasteiger partial charge is 0.234 e. The minimum absolute atomic E-state index is 0.0347. The van der Waals surface area contributed by atoms with Crippen molar-refractivity contribution in [2.45, 2.75) is 25.4 Å². The van der Waals surface area contributed by atoms with Crippen LogP contribution in [0.4, 0.5) is 5.69 Å². The van der Waals surface area contributed by atoms with Crippen LogP contribution in [0.2, 0.25) is 0 Å². The van der Waals surface area contributed by atoms with Crippen molar-refractivity contribution in [2.75, 3.05) is 11.1 Å². The van der Waals surface area contributed by atoms with E-state index in [9.17, 15) is 4.79 Å². The SMILES string of the molecule is Cc1ccc(NC(=O)CSc2nc(Cc3ccccc3)c(C)[nH]2)cc1. The summed E-state index contributed by atoms with van der Waals surface area (Å²) in [6.45, 7) is 4.04. The molecule has 1 amide bonds. The summed E-state index contributed by atoms with van der Waals surface area (Å²) in [6, 6.07) is 18.0. The van der Waals surface area contributed by atoms with Crippen LogP contribution in [0.1, 0.15) is 22.5 Å². The molecule has 5 heteroatoms. The van der Waals surface area contributed by atoms with Crippen LogP contribution in [0, 0.1) is 13.8 Å². The number of benzene rings is 2. The summed E-state index contributed by atoms with van der Waals surface area (Å²) in [5.74, 6) is 0.290. The van der Waals surface area contributed by atoms with Crippen molar-refractivity contribution in [3.63, 3.8) is 0 Å². The molecule has 0 aliphatic rings.